The van der Waals surface area contributed by atoms with Crippen molar-refractivity contribution in [1.29, 1.82) is 0 Å². The molecule has 1 amide bonds. The molecule has 0 spiro atoms. The second-order valence-corrected chi connectivity index (χ2v) is 8.74. The Morgan fingerprint density at radius 2 is 1.82 bits per heavy atom. The van der Waals surface area contributed by atoms with Crippen LogP contribution >= 0.6 is 0 Å². The van der Waals surface area contributed by atoms with Gasteiger partial charge in [0.05, 0.1) is 0 Å². The third-order valence-corrected chi connectivity index (χ3v) is 6.13. The number of nitrogens with zero attached hydrogens (tertiary/aromatic N) is 2. The van der Waals surface area contributed by atoms with Gasteiger partial charge in [-0.3, -0.25) is 4.79 Å². The van der Waals surface area contributed by atoms with Crippen molar-refractivity contribution < 1.29 is 9.53 Å². The second kappa shape index (κ2) is 11.0. The molecule has 0 radical (unpaired) electrons. The average molecular weight is 444 g/mol. The van der Waals surface area contributed by atoms with E-state index in [1.54, 1.807) is 0 Å². The first kappa shape index (κ1) is 22.9. The summed E-state index contributed by atoms with van der Waals surface area (Å²) in [4.78, 5) is 17.3. The van der Waals surface area contributed by atoms with Crippen LogP contribution in [0.4, 0.5) is 5.69 Å². The summed E-state index contributed by atoms with van der Waals surface area (Å²) in [5.41, 5.74) is 3.40. The smallest absolute Gasteiger partial charge is 0.223 e. The van der Waals surface area contributed by atoms with Crippen molar-refractivity contribution in [2.24, 2.45) is 0 Å². The summed E-state index contributed by atoms with van der Waals surface area (Å²) >= 11 is 0. The molecule has 1 atom stereocenters. The standard InChI is InChI=1S/C28H33N3O2/c1-30(2)24-12-8-13-26(20-24)33-27-14-7-6-11-23(27)15-16-28(32)31-18-17-29-21-25(31)19-22-9-4-3-5-10-22/h3-14,20,25,29H,15-19,21H2,1-2H3/t25-/m1/s1. The van der Waals surface area contributed by atoms with Gasteiger partial charge in [-0.05, 0) is 42.2 Å². The van der Waals surface area contributed by atoms with Gasteiger partial charge in [-0.1, -0.05) is 54.6 Å². The number of para-hydroxylation sites is 1. The Labute approximate surface area is 197 Å². The van der Waals surface area contributed by atoms with E-state index in [2.05, 4.69) is 51.5 Å². The Kier molecular flexibility index (Phi) is 7.63. The van der Waals surface area contributed by atoms with Gasteiger partial charge in [0.25, 0.3) is 0 Å². The summed E-state index contributed by atoms with van der Waals surface area (Å²) in [5.74, 6) is 1.81. The molecule has 0 bridgehead atoms. The zero-order valence-corrected chi connectivity index (χ0v) is 19.5. The first-order valence-electron chi connectivity index (χ1n) is 11.7. The maximum atomic E-state index is 13.2. The minimum atomic E-state index is 0.189. The van der Waals surface area contributed by atoms with Gasteiger partial charge >= 0.3 is 0 Å². The molecule has 1 saturated heterocycles. The Bertz CT molecular complexity index is 1050. The van der Waals surface area contributed by atoms with Gasteiger partial charge in [0, 0.05) is 57.9 Å². The molecule has 5 nitrogen and oxygen atoms in total. The van der Waals surface area contributed by atoms with Gasteiger partial charge in [-0.15, -0.1) is 0 Å². The molecule has 5 heteroatoms. The van der Waals surface area contributed by atoms with E-state index in [-0.39, 0.29) is 11.9 Å². The van der Waals surface area contributed by atoms with E-state index < -0.39 is 0 Å². The number of aryl methyl sites for hydroxylation is 1. The summed E-state index contributed by atoms with van der Waals surface area (Å²) in [6.45, 7) is 2.44. The molecule has 0 unspecified atom stereocenters. The number of rotatable bonds is 8. The molecular weight excluding hydrogens is 410 g/mol. The molecule has 1 N–H and O–H groups in total. The van der Waals surface area contributed by atoms with Gasteiger partial charge in [0.1, 0.15) is 11.5 Å². The first-order valence-corrected chi connectivity index (χ1v) is 11.7. The maximum absolute atomic E-state index is 13.2. The minimum absolute atomic E-state index is 0.189. The Hall–Kier alpha value is -3.31. The molecule has 1 heterocycles. The van der Waals surface area contributed by atoms with Crippen molar-refractivity contribution in [3.63, 3.8) is 0 Å². The summed E-state index contributed by atoms with van der Waals surface area (Å²) in [5, 5.41) is 3.45. The number of ether oxygens (including phenoxy) is 1. The Morgan fingerprint density at radius 3 is 2.64 bits per heavy atom. The molecule has 33 heavy (non-hydrogen) atoms. The van der Waals surface area contributed by atoms with Gasteiger partial charge < -0.3 is 19.9 Å². The number of hydrogen-bond donors (Lipinski definition) is 1. The molecule has 0 aliphatic carbocycles. The van der Waals surface area contributed by atoms with Gasteiger partial charge in [0.2, 0.25) is 5.91 Å². The molecule has 4 rings (SSSR count). The minimum Gasteiger partial charge on any atom is -0.457 e. The molecule has 1 aliphatic rings. The highest BCUT2D eigenvalue weighted by Crippen LogP contribution is 2.29. The largest absolute Gasteiger partial charge is 0.457 e. The third kappa shape index (κ3) is 6.14. The number of anilines is 1. The molecule has 3 aromatic rings. The molecule has 1 aliphatic heterocycles. The summed E-state index contributed by atoms with van der Waals surface area (Å²) in [6.07, 6.45) is 2.01. The van der Waals surface area contributed by atoms with Crippen molar-refractivity contribution >= 4 is 11.6 Å². The van der Waals surface area contributed by atoms with E-state index in [1.807, 2.05) is 56.6 Å². The number of piperazine rings is 1. The lowest BCUT2D eigenvalue weighted by atomic mass is 10.0. The van der Waals surface area contributed by atoms with Crippen LogP contribution in [0.15, 0.2) is 78.9 Å². The highest BCUT2D eigenvalue weighted by molar-refractivity contribution is 5.77. The van der Waals surface area contributed by atoms with Gasteiger partial charge in [-0.25, -0.2) is 0 Å². The van der Waals surface area contributed by atoms with Crippen LogP contribution in [0.2, 0.25) is 0 Å². The number of nitrogens with one attached hydrogen (secondary N) is 1. The zero-order chi connectivity index (χ0) is 23.0. The molecule has 0 aromatic heterocycles. The predicted molar refractivity (Wildman–Crippen MR) is 134 cm³/mol. The fourth-order valence-electron chi connectivity index (χ4n) is 4.31. The molecule has 3 aromatic carbocycles. The molecule has 1 fully saturated rings. The van der Waals surface area contributed by atoms with Gasteiger partial charge in [0.15, 0.2) is 0 Å². The number of carbonyl (C=O) groups is 1. The normalized spacial score (nSPS) is 15.8. The van der Waals surface area contributed by atoms with E-state index in [9.17, 15) is 4.79 Å². The monoisotopic (exact) mass is 443 g/mol. The lowest BCUT2D eigenvalue weighted by molar-refractivity contribution is -0.134. The van der Waals surface area contributed by atoms with Crippen LogP contribution in [-0.4, -0.2) is 50.6 Å². The van der Waals surface area contributed by atoms with E-state index in [1.165, 1.54) is 5.56 Å². The average Bonchev–Trinajstić information content (AvgIpc) is 2.84. The van der Waals surface area contributed by atoms with Crippen LogP contribution in [0.25, 0.3) is 0 Å². The van der Waals surface area contributed by atoms with E-state index in [0.29, 0.717) is 12.8 Å². The summed E-state index contributed by atoms with van der Waals surface area (Å²) in [7, 11) is 4.03. The van der Waals surface area contributed by atoms with Crippen molar-refractivity contribution in [2.45, 2.75) is 25.3 Å². The lowest BCUT2D eigenvalue weighted by Crippen LogP contribution is -2.54. The quantitative estimate of drug-likeness (QED) is 0.556. The highest BCUT2D eigenvalue weighted by Gasteiger charge is 2.26. The lowest BCUT2D eigenvalue weighted by Gasteiger charge is -2.36. The number of benzene rings is 3. The van der Waals surface area contributed by atoms with Crippen LogP contribution in [0, 0.1) is 0 Å². The SMILES string of the molecule is CN(C)c1cccc(Oc2ccccc2CCC(=O)N2CCNC[C@H]2Cc2ccccc2)c1. The second-order valence-electron chi connectivity index (χ2n) is 8.74. The molecular formula is C28H33N3O2. The van der Waals surface area contributed by atoms with E-state index in [4.69, 9.17) is 4.74 Å². The van der Waals surface area contributed by atoms with E-state index >= 15 is 0 Å². The maximum Gasteiger partial charge on any atom is 0.223 e. The van der Waals surface area contributed by atoms with Crippen molar-refractivity contribution in [3.8, 4) is 11.5 Å². The fourth-order valence-corrected chi connectivity index (χ4v) is 4.31. The Balaban J connectivity index is 1.41. The zero-order valence-electron chi connectivity index (χ0n) is 19.5. The Morgan fingerprint density at radius 1 is 1.03 bits per heavy atom. The fraction of sp³-hybridized carbons (Fsp3) is 0.321. The topological polar surface area (TPSA) is 44.8 Å². The molecule has 172 valence electrons. The number of carbonyl (C=O) groups excluding carboxylic acids is 1. The number of amides is 1. The van der Waals surface area contributed by atoms with Crippen molar-refractivity contribution in [1.82, 2.24) is 10.2 Å². The molecule has 0 saturated carbocycles. The third-order valence-electron chi connectivity index (χ3n) is 6.13. The highest BCUT2D eigenvalue weighted by atomic mass is 16.5. The summed E-state index contributed by atoms with van der Waals surface area (Å²) < 4.78 is 6.22. The first-order chi connectivity index (χ1) is 16.1. The number of hydrogen-bond acceptors (Lipinski definition) is 4. The van der Waals surface area contributed by atoms with Crippen molar-refractivity contribution in [2.75, 3.05) is 38.6 Å². The van der Waals surface area contributed by atoms with E-state index in [0.717, 1.165) is 48.8 Å². The van der Waals surface area contributed by atoms with Crippen LogP contribution < -0.4 is 15.0 Å². The van der Waals surface area contributed by atoms with Crippen molar-refractivity contribution in [3.05, 3.63) is 90.0 Å². The predicted octanol–water partition coefficient (Wildman–Crippen LogP) is 4.52. The summed E-state index contributed by atoms with van der Waals surface area (Å²) in [6, 6.07) is 26.6. The van der Waals surface area contributed by atoms with Crippen LogP contribution in [0.3, 0.4) is 0 Å². The van der Waals surface area contributed by atoms with Crippen LogP contribution in [0.1, 0.15) is 17.5 Å². The van der Waals surface area contributed by atoms with Crippen LogP contribution in [-0.2, 0) is 17.6 Å². The van der Waals surface area contributed by atoms with Gasteiger partial charge in [-0.2, -0.15) is 0 Å². The van der Waals surface area contributed by atoms with Crippen LogP contribution in [0.5, 0.6) is 11.5 Å².